The topological polar surface area (TPSA) is 29.3 Å². The monoisotopic (exact) mass is 187 g/mol. The number of nitrogens with one attached hydrogen (secondary N) is 1. The van der Waals surface area contributed by atoms with Gasteiger partial charge in [-0.25, -0.2) is 4.98 Å². The van der Waals surface area contributed by atoms with Gasteiger partial charge < -0.3 is 9.72 Å². The highest BCUT2D eigenvalue weighted by Crippen LogP contribution is 2.22. The van der Waals surface area contributed by atoms with Crippen molar-refractivity contribution in [3.63, 3.8) is 0 Å². The number of pyridine rings is 1. The molecule has 72 valence electrons. The number of aromatic nitrogens is 2. The van der Waals surface area contributed by atoms with Gasteiger partial charge in [0.25, 0.3) is 0 Å². The summed E-state index contributed by atoms with van der Waals surface area (Å²) in [5.41, 5.74) is 2.46. The number of imidazole rings is 1. The zero-order valence-electron chi connectivity index (χ0n) is 7.98. The van der Waals surface area contributed by atoms with Gasteiger partial charge in [-0.2, -0.15) is 0 Å². The number of hydrogen-bond acceptors (Lipinski definition) is 2. The molecule has 1 N–H and O–H groups in total. The van der Waals surface area contributed by atoms with Gasteiger partial charge in [-0.15, -0.1) is 0 Å². The Hall–Kier alpha value is -1.35. The van der Waals surface area contributed by atoms with E-state index >= 15 is 0 Å². The molecule has 1 aliphatic rings. The molecule has 3 heterocycles. The van der Waals surface area contributed by atoms with Crippen molar-refractivity contribution in [2.75, 3.05) is 13.1 Å². The summed E-state index contributed by atoms with van der Waals surface area (Å²) < 4.78 is 2.05. The van der Waals surface area contributed by atoms with Gasteiger partial charge in [0.1, 0.15) is 5.65 Å². The molecule has 1 unspecified atom stereocenters. The van der Waals surface area contributed by atoms with Crippen LogP contribution in [0.4, 0.5) is 0 Å². The fourth-order valence-electron chi connectivity index (χ4n) is 2.12. The molecule has 3 nitrogen and oxygen atoms in total. The lowest BCUT2D eigenvalue weighted by atomic mass is 10.00. The van der Waals surface area contributed by atoms with E-state index in [9.17, 15) is 0 Å². The number of nitrogens with zero attached hydrogens (tertiary/aromatic N) is 2. The molecule has 0 aromatic carbocycles. The molecule has 14 heavy (non-hydrogen) atoms. The minimum absolute atomic E-state index is 0.677. The Kier molecular flexibility index (Phi) is 1.77. The van der Waals surface area contributed by atoms with Crippen molar-refractivity contribution >= 4 is 5.65 Å². The first-order valence-electron chi connectivity index (χ1n) is 5.07. The fraction of sp³-hybridized carbons (Fsp3) is 0.364. The lowest BCUT2D eigenvalue weighted by Gasteiger charge is -2.08. The molecule has 0 radical (unpaired) electrons. The van der Waals surface area contributed by atoms with Crippen LogP contribution < -0.4 is 5.32 Å². The van der Waals surface area contributed by atoms with Crippen molar-refractivity contribution in [3.8, 4) is 0 Å². The first kappa shape index (κ1) is 8.00. The molecule has 0 amide bonds. The van der Waals surface area contributed by atoms with Crippen LogP contribution in [0, 0.1) is 0 Å². The van der Waals surface area contributed by atoms with Crippen LogP contribution in [0.5, 0.6) is 0 Å². The third-order valence-electron chi connectivity index (χ3n) is 2.95. The zero-order chi connectivity index (χ0) is 9.38. The largest absolute Gasteiger partial charge is 0.316 e. The van der Waals surface area contributed by atoms with Crippen molar-refractivity contribution in [3.05, 3.63) is 36.3 Å². The molecule has 0 bridgehead atoms. The molecule has 1 atom stereocenters. The molecule has 3 rings (SSSR count). The minimum Gasteiger partial charge on any atom is -0.316 e. The van der Waals surface area contributed by atoms with E-state index in [2.05, 4.69) is 28.6 Å². The molecule has 0 aliphatic carbocycles. The van der Waals surface area contributed by atoms with E-state index in [0.717, 1.165) is 18.7 Å². The van der Waals surface area contributed by atoms with Crippen LogP contribution in [0.3, 0.4) is 0 Å². The SMILES string of the molecule is c1cn2ccc(C3CCNC3)cc2n1. The maximum absolute atomic E-state index is 4.29. The highest BCUT2D eigenvalue weighted by Gasteiger charge is 2.16. The fourth-order valence-corrected chi connectivity index (χ4v) is 2.12. The Balaban J connectivity index is 2.04. The summed E-state index contributed by atoms with van der Waals surface area (Å²) in [5.74, 6) is 0.677. The number of fused-ring (bicyclic) bond motifs is 1. The Bertz CT molecular complexity index is 440. The summed E-state index contributed by atoms with van der Waals surface area (Å²) in [6.07, 6.45) is 7.16. The molecule has 0 spiro atoms. The lowest BCUT2D eigenvalue weighted by Crippen LogP contribution is -2.08. The van der Waals surface area contributed by atoms with Crippen molar-refractivity contribution in [1.82, 2.24) is 14.7 Å². The van der Waals surface area contributed by atoms with Gasteiger partial charge in [0.15, 0.2) is 0 Å². The van der Waals surface area contributed by atoms with Crippen molar-refractivity contribution in [2.24, 2.45) is 0 Å². The second kappa shape index (κ2) is 3.10. The second-order valence-electron chi connectivity index (χ2n) is 3.84. The van der Waals surface area contributed by atoms with Gasteiger partial charge in [0.2, 0.25) is 0 Å². The number of rotatable bonds is 1. The first-order chi connectivity index (χ1) is 6.93. The molecule has 2 aromatic heterocycles. The third kappa shape index (κ3) is 1.21. The summed E-state index contributed by atoms with van der Waals surface area (Å²) in [5, 5.41) is 3.39. The van der Waals surface area contributed by atoms with E-state index in [1.165, 1.54) is 12.0 Å². The maximum Gasteiger partial charge on any atom is 0.136 e. The summed E-state index contributed by atoms with van der Waals surface area (Å²) in [6, 6.07) is 4.39. The van der Waals surface area contributed by atoms with E-state index in [1.807, 2.05) is 16.8 Å². The van der Waals surface area contributed by atoms with Gasteiger partial charge >= 0.3 is 0 Å². The van der Waals surface area contributed by atoms with E-state index in [-0.39, 0.29) is 0 Å². The Morgan fingerprint density at radius 1 is 1.43 bits per heavy atom. The minimum atomic E-state index is 0.677. The first-order valence-corrected chi connectivity index (χ1v) is 5.07. The van der Waals surface area contributed by atoms with Crippen LogP contribution in [0.25, 0.3) is 5.65 Å². The van der Waals surface area contributed by atoms with Gasteiger partial charge in [-0.05, 0) is 36.6 Å². The average Bonchev–Trinajstić information content (AvgIpc) is 2.88. The van der Waals surface area contributed by atoms with Crippen molar-refractivity contribution < 1.29 is 0 Å². The number of hydrogen-bond donors (Lipinski definition) is 1. The molecule has 1 fully saturated rings. The summed E-state index contributed by atoms with van der Waals surface area (Å²) in [6.45, 7) is 2.25. The van der Waals surface area contributed by atoms with Gasteiger partial charge in [0.05, 0.1) is 0 Å². The van der Waals surface area contributed by atoms with Crippen LogP contribution in [-0.4, -0.2) is 22.5 Å². The third-order valence-corrected chi connectivity index (χ3v) is 2.95. The maximum atomic E-state index is 4.29. The Morgan fingerprint density at radius 3 is 3.29 bits per heavy atom. The van der Waals surface area contributed by atoms with Gasteiger partial charge in [0, 0.05) is 25.1 Å². The molecule has 2 aromatic rings. The molecule has 0 saturated carbocycles. The highest BCUT2D eigenvalue weighted by atomic mass is 15.0. The molecule has 1 aliphatic heterocycles. The predicted molar refractivity (Wildman–Crippen MR) is 55.4 cm³/mol. The van der Waals surface area contributed by atoms with E-state index < -0.39 is 0 Å². The average molecular weight is 187 g/mol. The van der Waals surface area contributed by atoms with Crippen LogP contribution in [0.2, 0.25) is 0 Å². The van der Waals surface area contributed by atoms with E-state index in [0.29, 0.717) is 5.92 Å². The van der Waals surface area contributed by atoms with Crippen LogP contribution in [0.1, 0.15) is 17.9 Å². The lowest BCUT2D eigenvalue weighted by molar-refractivity contribution is 0.762. The predicted octanol–water partition coefficient (Wildman–Crippen LogP) is 1.41. The quantitative estimate of drug-likeness (QED) is 0.731. The van der Waals surface area contributed by atoms with Crippen LogP contribution in [-0.2, 0) is 0 Å². The Labute approximate surface area is 82.8 Å². The summed E-state index contributed by atoms with van der Waals surface area (Å²) >= 11 is 0. The zero-order valence-corrected chi connectivity index (χ0v) is 7.98. The normalized spacial score (nSPS) is 21.9. The molecular weight excluding hydrogens is 174 g/mol. The van der Waals surface area contributed by atoms with Gasteiger partial charge in [-0.3, -0.25) is 0 Å². The Morgan fingerprint density at radius 2 is 2.43 bits per heavy atom. The van der Waals surface area contributed by atoms with Crippen LogP contribution in [0.15, 0.2) is 30.7 Å². The standard InChI is InChI=1S/C11H13N3/c1-3-12-8-10(1)9-2-5-14-6-4-13-11(14)7-9/h2,4-7,10,12H,1,3,8H2. The molecule has 3 heteroatoms. The summed E-state index contributed by atoms with van der Waals surface area (Å²) in [7, 11) is 0. The second-order valence-corrected chi connectivity index (χ2v) is 3.84. The van der Waals surface area contributed by atoms with E-state index in [1.54, 1.807) is 0 Å². The smallest absolute Gasteiger partial charge is 0.136 e. The van der Waals surface area contributed by atoms with Crippen molar-refractivity contribution in [2.45, 2.75) is 12.3 Å². The van der Waals surface area contributed by atoms with Crippen LogP contribution >= 0.6 is 0 Å². The molecule has 1 saturated heterocycles. The highest BCUT2D eigenvalue weighted by molar-refractivity contribution is 5.42. The van der Waals surface area contributed by atoms with E-state index in [4.69, 9.17) is 0 Å². The molecular formula is C11H13N3. The van der Waals surface area contributed by atoms with Crippen molar-refractivity contribution in [1.29, 1.82) is 0 Å². The van der Waals surface area contributed by atoms with Gasteiger partial charge in [-0.1, -0.05) is 0 Å². The summed E-state index contributed by atoms with van der Waals surface area (Å²) in [4.78, 5) is 4.29.